The molecule has 1 aromatic heterocycles. The molecular formula is C12H11Cl2N3O2. The van der Waals surface area contributed by atoms with E-state index in [1.165, 1.54) is 4.68 Å². The van der Waals surface area contributed by atoms with Crippen LogP contribution in [0.15, 0.2) is 18.2 Å². The Kier molecular flexibility index (Phi) is 4.07. The molecular weight excluding hydrogens is 289 g/mol. The Labute approximate surface area is 120 Å². The Balaban J connectivity index is 2.40. The normalized spacial score (nSPS) is 10.5. The average Bonchev–Trinajstić information content (AvgIpc) is 2.75. The summed E-state index contributed by atoms with van der Waals surface area (Å²) in [7, 11) is 1.69. The molecule has 0 aliphatic carbocycles. The average molecular weight is 300 g/mol. The van der Waals surface area contributed by atoms with E-state index in [1.54, 1.807) is 32.2 Å². The Morgan fingerprint density at radius 2 is 2.11 bits per heavy atom. The van der Waals surface area contributed by atoms with Crippen LogP contribution in [0.25, 0.3) is 11.4 Å². The first kappa shape index (κ1) is 13.8. The second-order valence-corrected chi connectivity index (χ2v) is 4.55. The van der Waals surface area contributed by atoms with Gasteiger partial charge in [0.05, 0.1) is 16.7 Å². The number of ether oxygens (including phenoxy) is 1. The van der Waals surface area contributed by atoms with Gasteiger partial charge in [0.2, 0.25) is 0 Å². The second-order valence-electron chi connectivity index (χ2n) is 3.73. The molecule has 0 spiro atoms. The smallest absolute Gasteiger partial charge is 0.378 e. The first-order chi connectivity index (χ1) is 9.02. The first-order valence-corrected chi connectivity index (χ1v) is 6.32. The number of aromatic nitrogens is 3. The molecule has 0 unspecified atom stereocenters. The summed E-state index contributed by atoms with van der Waals surface area (Å²) in [5.41, 5.74) is 0.722. The molecule has 0 amide bonds. The van der Waals surface area contributed by atoms with Crippen LogP contribution in [0.3, 0.4) is 0 Å². The van der Waals surface area contributed by atoms with Crippen molar-refractivity contribution in [3.63, 3.8) is 0 Å². The molecule has 0 aliphatic heterocycles. The van der Waals surface area contributed by atoms with Crippen LogP contribution in [-0.2, 0) is 11.8 Å². The van der Waals surface area contributed by atoms with Crippen LogP contribution >= 0.6 is 23.2 Å². The summed E-state index contributed by atoms with van der Waals surface area (Å²) in [5.74, 6) is -0.0172. The van der Waals surface area contributed by atoms with E-state index in [1.807, 2.05) is 0 Å². The number of benzene rings is 1. The number of nitrogens with zero attached hydrogens (tertiary/aromatic N) is 3. The molecule has 1 heterocycles. The van der Waals surface area contributed by atoms with Crippen LogP contribution in [0.1, 0.15) is 17.5 Å². The van der Waals surface area contributed by atoms with E-state index in [2.05, 4.69) is 10.1 Å². The molecule has 2 rings (SSSR count). The molecule has 2 aromatic rings. The lowest BCUT2D eigenvalue weighted by molar-refractivity contribution is 0.0512. The maximum Gasteiger partial charge on any atom is 0.378 e. The molecule has 0 aliphatic rings. The summed E-state index contributed by atoms with van der Waals surface area (Å²) in [6.07, 6.45) is 0. The van der Waals surface area contributed by atoms with Crippen molar-refractivity contribution >= 4 is 29.2 Å². The predicted octanol–water partition coefficient (Wildman–Crippen LogP) is 2.97. The highest BCUT2D eigenvalue weighted by atomic mass is 35.5. The molecule has 19 heavy (non-hydrogen) atoms. The number of hydrogen-bond donors (Lipinski definition) is 0. The van der Waals surface area contributed by atoms with Crippen LogP contribution in [0.5, 0.6) is 0 Å². The Morgan fingerprint density at radius 1 is 1.37 bits per heavy atom. The highest BCUT2D eigenvalue weighted by Crippen LogP contribution is 2.27. The number of carbonyl (C=O) groups is 1. The van der Waals surface area contributed by atoms with E-state index >= 15 is 0 Å². The number of rotatable bonds is 3. The molecule has 5 nitrogen and oxygen atoms in total. The zero-order valence-electron chi connectivity index (χ0n) is 10.4. The van der Waals surface area contributed by atoms with Gasteiger partial charge in [0.25, 0.3) is 5.82 Å². The van der Waals surface area contributed by atoms with Gasteiger partial charge < -0.3 is 4.74 Å². The van der Waals surface area contributed by atoms with Crippen molar-refractivity contribution in [2.75, 3.05) is 6.61 Å². The van der Waals surface area contributed by atoms with Gasteiger partial charge in [-0.25, -0.2) is 14.5 Å². The summed E-state index contributed by atoms with van der Waals surface area (Å²) >= 11 is 11.8. The van der Waals surface area contributed by atoms with Crippen molar-refractivity contribution in [1.82, 2.24) is 14.8 Å². The van der Waals surface area contributed by atoms with Crippen LogP contribution in [0.4, 0.5) is 0 Å². The summed E-state index contributed by atoms with van der Waals surface area (Å²) in [5, 5.41) is 4.89. The molecule has 0 radical (unpaired) electrons. The van der Waals surface area contributed by atoms with Gasteiger partial charge in [0.1, 0.15) is 0 Å². The second kappa shape index (κ2) is 5.59. The number of aryl methyl sites for hydroxylation is 1. The zero-order valence-corrected chi connectivity index (χ0v) is 11.9. The lowest BCUT2D eigenvalue weighted by Crippen LogP contribution is -2.07. The summed E-state index contributed by atoms with van der Waals surface area (Å²) in [6.45, 7) is 2.00. The Hall–Kier alpha value is -1.59. The largest absolute Gasteiger partial charge is 0.460 e. The fourth-order valence-corrected chi connectivity index (χ4v) is 1.85. The predicted molar refractivity (Wildman–Crippen MR) is 72.4 cm³/mol. The number of halogens is 2. The van der Waals surface area contributed by atoms with Crippen molar-refractivity contribution in [1.29, 1.82) is 0 Å². The summed E-state index contributed by atoms with van der Waals surface area (Å²) < 4.78 is 6.34. The van der Waals surface area contributed by atoms with E-state index in [9.17, 15) is 4.79 Å². The highest BCUT2D eigenvalue weighted by Gasteiger charge is 2.17. The molecule has 0 fully saturated rings. The molecule has 0 saturated carbocycles. The fraction of sp³-hybridized carbons (Fsp3) is 0.250. The Bertz CT molecular complexity index is 625. The van der Waals surface area contributed by atoms with Crippen molar-refractivity contribution in [2.45, 2.75) is 6.92 Å². The third kappa shape index (κ3) is 2.88. The van der Waals surface area contributed by atoms with Gasteiger partial charge in [-0.3, -0.25) is 0 Å². The SMILES string of the molecule is CCOC(=O)c1nc(-c2ccc(Cl)c(Cl)c2)n(C)n1. The van der Waals surface area contributed by atoms with E-state index in [0.29, 0.717) is 15.9 Å². The van der Waals surface area contributed by atoms with E-state index in [4.69, 9.17) is 27.9 Å². The van der Waals surface area contributed by atoms with Gasteiger partial charge in [0.15, 0.2) is 5.82 Å². The van der Waals surface area contributed by atoms with Crippen molar-refractivity contribution in [2.24, 2.45) is 7.05 Å². The molecule has 0 N–H and O–H groups in total. The van der Waals surface area contributed by atoms with Crippen LogP contribution in [0.2, 0.25) is 10.0 Å². The lowest BCUT2D eigenvalue weighted by atomic mass is 10.2. The van der Waals surface area contributed by atoms with Gasteiger partial charge in [-0.05, 0) is 25.1 Å². The Morgan fingerprint density at radius 3 is 2.74 bits per heavy atom. The van der Waals surface area contributed by atoms with Gasteiger partial charge in [0, 0.05) is 12.6 Å². The highest BCUT2D eigenvalue weighted by molar-refractivity contribution is 6.42. The molecule has 7 heteroatoms. The molecule has 0 saturated heterocycles. The van der Waals surface area contributed by atoms with Crippen molar-refractivity contribution in [3.05, 3.63) is 34.1 Å². The quantitative estimate of drug-likeness (QED) is 0.818. The fourth-order valence-electron chi connectivity index (χ4n) is 1.55. The monoisotopic (exact) mass is 299 g/mol. The maximum absolute atomic E-state index is 11.6. The van der Waals surface area contributed by atoms with E-state index in [-0.39, 0.29) is 12.4 Å². The van der Waals surface area contributed by atoms with Gasteiger partial charge in [-0.2, -0.15) is 0 Å². The van der Waals surface area contributed by atoms with Crippen LogP contribution in [0, 0.1) is 0 Å². The van der Waals surface area contributed by atoms with Gasteiger partial charge in [-0.1, -0.05) is 23.2 Å². The van der Waals surface area contributed by atoms with Gasteiger partial charge in [-0.15, -0.1) is 5.10 Å². The van der Waals surface area contributed by atoms with Crippen LogP contribution < -0.4 is 0 Å². The molecule has 100 valence electrons. The summed E-state index contributed by atoms with van der Waals surface area (Å²) in [4.78, 5) is 15.7. The van der Waals surface area contributed by atoms with Gasteiger partial charge >= 0.3 is 5.97 Å². The maximum atomic E-state index is 11.6. The van der Waals surface area contributed by atoms with Crippen molar-refractivity contribution in [3.8, 4) is 11.4 Å². The molecule has 1 aromatic carbocycles. The van der Waals surface area contributed by atoms with E-state index in [0.717, 1.165) is 5.56 Å². The zero-order chi connectivity index (χ0) is 14.0. The molecule has 0 atom stereocenters. The topological polar surface area (TPSA) is 57.0 Å². The van der Waals surface area contributed by atoms with E-state index < -0.39 is 5.97 Å². The first-order valence-electron chi connectivity index (χ1n) is 5.56. The lowest BCUT2D eigenvalue weighted by Gasteiger charge is -2.01. The third-order valence-electron chi connectivity index (χ3n) is 2.40. The number of esters is 1. The molecule has 0 bridgehead atoms. The standard InChI is InChI=1S/C12H11Cl2N3O2/c1-3-19-12(18)10-15-11(17(2)16-10)7-4-5-8(13)9(14)6-7/h4-6H,3H2,1-2H3. The number of hydrogen-bond acceptors (Lipinski definition) is 4. The van der Waals surface area contributed by atoms with Crippen molar-refractivity contribution < 1.29 is 9.53 Å². The van der Waals surface area contributed by atoms with Crippen LogP contribution in [-0.4, -0.2) is 27.3 Å². The minimum Gasteiger partial charge on any atom is -0.460 e. The summed E-state index contributed by atoms with van der Waals surface area (Å²) in [6, 6.07) is 5.09. The minimum atomic E-state index is -0.551. The third-order valence-corrected chi connectivity index (χ3v) is 3.14. The number of carbonyl (C=O) groups excluding carboxylic acids is 1. The minimum absolute atomic E-state index is 0.0189.